The molecular weight excluding hydrogens is 176 g/mol. The predicted octanol–water partition coefficient (Wildman–Crippen LogP) is 1.82. The maximum absolute atomic E-state index is 9.16. The van der Waals surface area contributed by atoms with E-state index in [1.54, 1.807) is 12.1 Å². The molecule has 0 saturated heterocycles. The number of hydrogen-bond donors (Lipinski definition) is 2. The van der Waals surface area contributed by atoms with E-state index in [0.717, 1.165) is 11.3 Å². The molecule has 0 aromatic heterocycles. The van der Waals surface area contributed by atoms with Crippen molar-refractivity contribution in [1.82, 2.24) is 10.4 Å². The highest BCUT2D eigenvalue weighted by Gasteiger charge is 2.03. The van der Waals surface area contributed by atoms with Crippen LogP contribution in [0.1, 0.15) is 12.5 Å². The summed E-state index contributed by atoms with van der Waals surface area (Å²) in [4.78, 5) is 0. The smallest absolute Gasteiger partial charge is 0.115 e. The lowest BCUT2D eigenvalue weighted by Crippen LogP contribution is -2.28. The van der Waals surface area contributed by atoms with Gasteiger partial charge in [-0.15, -0.1) is 0 Å². The van der Waals surface area contributed by atoms with Crippen LogP contribution >= 0.6 is 0 Å². The summed E-state index contributed by atoms with van der Waals surface area (Å²) >= 11 is 0. The van der Waals surface area contributed by atoms with Crippen LogP contribution in [0.4, 0.5) is 0 Å². The van der Waals surface area contributed by atoms with E-state index in [1.165, 1.54) is 0 Å². The summed E-state index contributed by atoms with van der Waals surface area (Å²) in [7, 11) is 3.81. The van der Waals surface area contributed by atoms with Gasteiger partial charge in [-0.1, -0.05) is 6.08 Å². The fourth-order valence-corrected chi connectivity index (χ4v) is 1.31. The van der Waals surface area contributed by atoms with Gasteiger partial charge in [0.1, 0.15) is 5.75 Å². The molecule has 1 aromatic rings. The van der Waals surface area contributed by atoms with E-state index in [9.17, 15) is 0 Å². The lowest BCUT2D eigenvalue weighted by atomic mass is 10.1. The molecule has 0 fully saturated rings. The average Bonchev–Trinajstić information content (AvgIpc) is 2.21. The molecule has 76 valence electrons. The van der Waals surface area contributed by atoms with Crippen molar-refractivity contribution in [3.05, 3.63) is 35.9 Å². The third kappa shape index (κ3) is 2.26. The van der Waals surface area contributed by atoms with Gasteiger partial charge in [0, 0.05) is 14.1 Å². The predicted molar refractivity (Wildman–Crippen MR) is 58.6 cm³/mol. The monoisotopic (exact) mass is 192 g/mol. The third-order valence-corrected chi connectivity index (χ3v) is 2.13. The largest absolute Gasteiger partial charge is 0.508 e. The number of hydrazine groups is 1. The molecule has 0 heterocycles. The van der Waals surface area contributed by atoms with Crippen LogP contribution in [0.3, 0.4) is 0 Å². The van der Waals surface area contributed by atoms with Crippen molar-refractivity contribution in [3.63, 3.8) is 0 Å². The van der Waals surface area contributed by atoms with E-state index < -0.39 is 0 Å². The summed E-state index contributed by atoms with van der Waals surface area (Å²) < 4.78 is 0. The van der Waals surface area contributed by atoms with E-state index in [0.29, 0.717) is 0 Å². The van der Waals surface area contributed by atoms with Crippen LogP contribution in [0.25, 0.3) is 5.70 Å². The molecule has 0 radical (unpaired) electrons. The number of phenolic OH excluding ortho intramolecular Hbond substituents is 1. The zero-order chi connectivity index (χ0) is 10.6. The highest BCUT2D eigenvalue weighted by molar-refractivity contribution is 5.63. The topological polar surface area (TPSA) is 35.5 Å². The Morgan fingerprint density at radius 2 is 1.93 bits per heavy atom. The molecule has 0 saturated carbocycles. The van der Waals surface area contributed by atoms with E-state index in [-0.39, 0.29) is 5.75 Å². The number of allylic oxidation sites excluding steroid dienone is 1. The molecule has 0 bridgehead atoms. The second kappa shape index (κ2) is 4.67. The fourth-order valence-electron chi connectivity index (χ4n) is 1.31. The summed E-state index contributed by atoms with van der Waals surface area (Å²) in [5.74, 6) is 0.288. The number of rotatable bonds is 3. The Kier molecular flexibility index (Phi) is 3.54. The average molecular weight is 192 g/mol. The molecule has 0 unspecified atom stereocenters. The first kappa shape index (κ1) is 10.6. The Labute approximate surface area is 84.6 Å². The van der Waals surface area contributed by atoms with E-state index >= 15 is 0 Å². The zero-order valence-electron chi connectivity index (χ0n) is 8.78. The molecule has 3 heteroatoms. The third-order valence-electron chi connectivity index (χ3n) is 2.13. The maximum atomic E-state index is 9.16. The van der Waals surface area contributed by atoms with Crippen molar-refractivity contribution in [2.75, 3.05) is 14.1 Å². The highest BCUT2D eigenvalue weighted by Crippen LogP contribution is 2.18. The van der Waals surface area contributed by atoms with E-state index in [1.807, 2.05) is 44.2 Å². The van der Waals surface area contributed by atoms with E-state index in [4.69, 9.17) is 5.11 Å². The molecule has 0 amide bonds. The van der Waals surface area contributed by atoms with Gasteiger partial charge in [-0.25, -0.2) is 5.43 Å². The van der Waals surface area contributed by atoms with Gasteiger partial charge in [-0.3, -0.25) is 0 Å². The molecule has 0 spiro atoms. The fraction of sp³-hybridized carbons (Fsp3) is 0.273. The van der Waals surface area contributed by atoms with Crippen LogP contribution in [0.15, 0.2) is 30.3 Å². The minimum atomic E-state index is 0.288. The zero-order valence-corrected chi connectivity index (χ0v) is 8.78. The SMILES string of the molecule is C/C=C(/c1ccc(O)cc1)N(C)NC. The van der Waals surface area contributed by atoms with Crippen molar-refractivity contribution in [2.24, 2.45) is 0 Å². The molecule has 14 heavy (non-hydrogen) atoms. The molecule has 2 N–H and O–H groups in total. The van der Waals surface area contributed by atoms with Gasteiger partial charge < -0.3 is 10.1 Å². The molecular formula is C11H16N2O. The number of benzene rings is 1. The first-order valence-corrected chi connectivity index (χ1v) is 4.56. The Balaban J connectivity index is 2.96. The van der Waals surface area contributed by atoms with Gasteiger partial charge in [0.25, 0.3) is 0 Å². The molecule has 1 aromatic carbocycles. The first-order valence-electron chi connectivity index (χ1n) is 4.56. The number of phenols is 1. The lowest BCUT2D eigenvalue weighted by Gasteiger charge is -2.21. The van der Waals surface area contributed by atoms with Crippen LogP contribution in [0, 0.1) is 0 Å². The van der Waals surface area contributed by atoms with Crippen LogP contribution in [-0.4, -0.2) is 24.2 Å². The van der Waals surface area contributed by atoms with Gasteiger partial charge in [-0.05, 0) is 36.8 Å². The van der Waals surface area contributed by atoms with Crippen molar-refractivity contribution >= 4 is 5.70 Å². The molecule has 1 rings (SSSR count). The number of aromatic hydroxyl groups is 1. The number of nitrogens with zero attached hydrogens (tertiary/aromatic N) is 1. The van der Waals surface area contributed by atoms with Gasteiger partial charge in [0.2, 0.25) is 0 Å². The molecule has 0 aliphatic heterocycles. The molecule has 3 nitrogen and oxygen atoms in total. The standard InChI is InChI=1S/C11H16N2O/c1-4-11(13(3)12-2)9-5-7-10(14)8-6-9/h4-8,12,14H,1-3H3/b11-4-. The molecule has 0 aliphatic carbocycles. The first-order chi connectivity index (χ1) is 6.69. The summed E-state index contributed by atoms with van der Waals surface area (Å²) in [5.41, 5.74) is 5.18. The lowest BCUT2D eigenvalue weighted by molar-refractivity contribution is 0.386. The number of nitrogens with one attached hydrogen (secondary N) is 1. The van der Waals surface area contributed by atoms with Crippen LogP contribution in [0.2, 0.25) is 0 Å². The summed E-state index contributed by atoms with van der Waals surface area (Å²) in [6.07, 6.45) is 2.02. The van der Waals surface area contributed by atoms with Crippen molar-refractivity contribution in [2.45, 2.75) is 6.92 Å². The van der Waals surface area contributed by atoms with Crippen LogP contribution in [-0.2, 0) is 0 Å². The summed E-state index contributed by atoms with van der Waals surface area (Å²) in [6, 6.07) is 7.14. The van der Waals surface area contributed by atoms with Crippen molar-refractivity contribution in [1.29, 1.82) is 0 Å². The van der Waals surface area contributed by atoms with Gasteiger partial charge in [-0.2, -0.15) is 0 Å². The van der Waals surface area contributed by atoms with Gasteiger partial charge in [0.05, 0.1) is 5.70 Å². The van der Waals surface area contributed by atoms with E-state index in [2.05, 4.69) is 5.43 Å². The quantitative estimate of drug-likeness (QED) is 0.717. The number of hydrogen-bond acceptors (Lipinski definition) is 3. The minimum Gasteiger partial charge on any atom is -0.508 e. The van der Waals surface area contributed by atoms with Gasteiger partial charge in [0.15, 0.2) is 0 Å². The molecule has 0 atom stereocenters. The van der Waals surface area contributed by atoms with Crippen molar-refractivity contribution < 1.29 is 5.11 Å². The normalized spacial score (nSPS) is 11.5. The van der Waals surface area contributed by atoms with Crippen LogP contribution < -0.4 is 5.43 Å². The second-order valence-corrected chi connectivity index (χ2v) is 3.00. The highest BCUT2D eigenvalue weighted by atomic mass is 16.3. The second-order valence-electron chi connectivity index (χ2n) is 3.00. The Hall–Kier alpha value is -1.48. The minimum absolute atomic E-state index is 0.288. The molecule has 0 aliphatic rings. The van der Waals surface area contributed by atoms with Crippen molar-refractivity contribution in [3.8, 4) is 5.75 Å². The summed E-state index contributed by atoms with van der Waals surface area (Å²) in [5, 5.41) is 11.1. The van der Waals surface area contributed by atoms with Gasteiger partial charge >= 0.3 is 0 Å². The Morgan fingerprint density at radius 1 is 1.36 bits per heavy atom. The summed E-state index contributed by atoms with van der Waals surface area (Å²) in [6.45, 7) is 1.98. The Morgan fingerprint density at radius 3 is 2.36 bits per heavy atom. The maximum Gasteiger partial charge on any atom is 0.115 e. The van der Waals surface area contributed by atoms with Crippen LogP contribution in [0.5, 0.6) is 5.75 Å². The Bertz CT molecular complexity index is 317.